The molecule has 7 heteroatoms. The lowest BCUT2D eigenvalue weighted by Gasteiger charge is -2.32. The zero-order valence-electron chi connectivity index (χ0n) is 15.5. The number of carbonyl (C=O) groups excluding carboxylic acids is 1. The molecule has 0 aromatic heterocycles. The van der Waals surface area contributed by atoms with Crippen LogP contribution in [0.2, 0.25) is 0 Å². The van der Waals surface area contributed by atoms with Gasteiger partial charge in [0, 0.05) is 12.6 Å². The number of ether oxygens (including phenoxy) is 1. The van der Waals surface area contributed by atoms with E-state index >= 15 is 0 Å². The molecule has 1 amide bonds. The van der Waals surface area contributed by atoms with E-state index in [0.29, 0.717) is 5.56 Å². The molecule has 0 spiro atoms. The minimum atomic E-state index is -0.922. The highest BCUT2D eigenvalue weighted by Gasteiger charge is 2.53. The van der Waals surface area contributed by atoms with E-state index < -0.39 is 30.0 Å². The van der Waals surface area contributed by atoms with Crippen LogP contribution in [-0.4, -0.2) is 31.3 Å². The first-order valence-electron chi connectivity index (χ1n) is 8.06. The molecule has 2 rings (SSSR count). The molecule has 1 aromatic rings. The number of hydrogen-bond donors (Lipinski definition) is 1. The molecule has 0 saturated carbocycles. The Morgan fingerprint density at radius 3 is 2.12 bits per heavy atom. The Morgan fingerprint density at radius 1 is 1.21 bits per heavy atom. The van der Waals surface area contributed by atoms with Gasteiger partial charge in [-0.3, -0.25) is 4.79 Å². The van der Waals surface area contributed by atoms with Crippen molar-refractivity contribution in [3.05, 3.63) is 29.1 Å². The summed E-state index contributed by atoms with van der Waals surface area (Å²) < 4.78 is 31.6. The van der Waals surface area contributed by atoms with E-state index in [9.17, 15) is 9.18 Å². The maximum atomic E-state index is 14.7. The zero-order chi connectivity index (χ0) is 18.7. The molecular weight excluding hydrogens is 312 g/mol. The van der Waals surface area contributed by atoms with Crippen molar-refractivity contribution in [1.82, 2.24) is 0 Å². The third-order valence-corrected chi connectivity index (χ3v) is 4.32. The van der Waals surface area contributed by atoms with Crippen LogP contribution in [0.15, 0.2) is 12.1 Å². The number of carbonyl (C=O) groups is 1. The van der Waals surface area contributed by atoms with Gasteiger partial charge in [0.25, 0.3) is 5.91 Å². The summed E-state index contributed by atoms with van der Waals surface area (Å²) in [6.45, 7) is 11.7. The van der Waals surface area contributed by atoms with Crippen LogP contribution in [0, 0.1) is 5.82 Å². The largest absolute Gasteiger partial charge is 0.498 e. The Bertz CT molecular complexity index is 588. The van der Waals surface area contributed by atoms with Crippen LogP contribution in [0.3, 0.4) is 0 Å². The van der Waals surface area contributed by atoms with Crippen LogP contribution in [0.25, 0.3) is 0 Å². The Balaban J connectivity index is 0.00000139. The molecule has 24 heavy (non-hydrogen) atoms. The Morgan fingerprint density at radius 2 is 1.71 bits per heavy atom. The number of benzene rings is 1. The first-order valence-corrected chi connectivity index (χ1v) is 8.06. The number of primary amides is 1. The maximum Gasteiger partial charge on any atom is 0.498 e. The Labute approximate surface area is 143 Å². The highest BCUT2D eigenvalue weighted by Crippen LogP contribution is 2.37. The van der Waals surface area contributed by atoms with Crippen LogP contribution in [0.5, 0.6) is 0 Å². The van der Waals surface area contributed by atoms with Gasteiger partial charge in [-0.1, -0.05) is 19.9 Å². The molecule has 1 aromatic carbocycles. The van der Waals surface area contributed by atoms with Gasteiger partial charge in [-0.15, -0.1) is 0 Å². The van der Waals surface area contributed by atoms with E-state index in [0.717, 1.165) is 0 Å². The van der Waals surface area contributed by atoms with Gasteiger partial charge in [-0.25, -0.2) is 4.39 Å². The number of nitrogens with two attached hydrogens (primary N) is 1. The molecule has 0 unspecified atom stereocenters. The van der Waals surface area contributed by atoms with Crippen LogP contribution < -0.4 is 11.2 Å². The van der Waals surface area contributed by atoms with Gasteiger partial charge in [0.05, 0.1) is 23.4 Å². The second kappa shape index (κ2) is 7.63. The molecule has 2 N–H and O–H groups in total. The fourth-order valence-corrected chi connectivity index (χ4v) is 2.32. The van der Waals surface area contributed by atoms with Crippen LogP contribution >= 0.6 is 0 Å². The van der Waals surface area contributed by atoms with Crippen molar-refractivity contribution in [2.75, 3.05) is 7.11 Å². The van der Waals surface area contributed by atoms with Gasteiger partial charge in [0.2, 0.25) is 0 Å². The maximum absolute atomic E-state index is 14.7. The van der Waals surface area contributed by atoms with Crippen molar-refractivity contribution in [2.45, 2.75) is 59.4 Å². The van der Waals surface area contributed by atoms with Crippen LogP contribution in [0.4, 0.5) is 4.39 Å². The topological polar surface area (TPSA) is 70.8 Å². The predicted molar refractivity (Wildman–Crippen MR) is 92.7 cm³/mol. The average Bonchev–Trinajstić information content (AvgIpc) is 2.69. The van der Waals surface area contributed by atoms with Gasteiger partial charge in [0.15, 0.2) is 0 Å². The summed E-state index contributed by atoms with van der Waals surface area (Å²) in [4.78, 5) is 11.4. The standard InChI is InChI=1S/C15H21BFNO4.C2H6/c1-14(2)15(3,4)22-16(21-14)11-9(8-20-5)6-7-10(12(11)17)13(18)19;1-2/h6-7H,8H2,1-5H3,(H2,18,19);1-2H3. The number of methoxy groups -OCH3 is 1. The highest BCUT2D eigenvalue weighted by molar-refractivity contribution is 6.62. The average molecular weight is 339 g/mol. The fourth-order valence-electron chi connectivity index (χ4n) is 2.32. The minimum absolute atomic E-state index is 0.164. The van der Waals surface area contributed by atoms with Crippen molar-refractivity contribution in [3.63, 3.8) is 0 Å². The lowest BCUT2D eigenvalue weighted by Crippen LogP contribution is -2.41. The first kappa shape index (κ1) is 20.6. The second-order valence-electron chi connectivity index (χ2n) is 6.39. The van der Waals surface area contributed by atoms with Crippen molar-refractivity contribution in [2.24, 2.45) is 5.73 Å². The number of rotatable bonds is 4. The van der Waals surface area contributed by atoms with Gasteiger partial charge >= 0.3 is 7.12 Å². The number of halogens is 1. The lowest BCUT2D eigenvalue weighted by molar-refractivity contribution is 0.00578. The van der Waals surface area contributed by atoms with E-state index in [1.54, 1.807) is 6.07 Å². The second-order valence-corrected chi connectivity index (χ2v) is 6.39. The molecule has 1 aliphatic heterocycles. The van der Waals surface area contributed by atoms with E-state index in [1.807, 2.05) is 41.5 Å². The molecule has 1 heterocycles. The molecule has 1 fully saturated rings. The normalized spacial score (nSPS) is 18.1. The lowest BCUT2D eigenvalue weighted by atomic mass is 9.74. The third kappa shape index (κ3) is 3.79. The number of hydrogen-bond acceptors (Lipinski definition) is 4. The van der Waals surface area contributed by atoms with Crippen molar-refractivity contribution in [1.29, 1.82) is 0 Å². The Hall–Kier alpha value is -1.44. The van der Waals surface area contributed by atoms with E-state index in [-0.39, 0.29) is 17.6 Å². The molecule has 0 aliphatic carbocycles. The van der Waals surface area contributed by atoms with Crippen molar-refractivity contribution < 1.29 is 23.2 Å². The summed E-state index contributed by atoms with van der Waals surface area (Å²) in [5.41, 5.74) is 4.53. The van der Waals surface area contributed by atoms with Crippen LogP contribution in [-0.2, 0) is 20.7 Å². The summed E-state index contributed by atoms with van der Waals surface area (Å²) in [6, 6.07) is 2.95. The van der Waals surface area contributed by atoms with E-state index in [4.69, 9.17) is 19.8 Å². The van der Waals surface area contributed by atoms with Gasteiger partial charge < -0.3 is 19.8 Å². The van der Waals surface area contributed by atoms with Crippen LogP contribution in [0.1, 0.15) is 57.5 Å². The summed E-state index contributed by atoms with van der Waals surface area (Å²) in [5, 5.41) is 0. The molecule has 0 radical (unpaired) electrons. The first-order chi connectivity index (χ1) is 11.1. The van der Waals surface area contributed by atoms with Gasteiger partial charge in [0.1, 0.15) is 5.82 Å². The summed E-state index contributed by atoms with van der Waals surface area (Å²) in [7, 11) is 0.586. The summed E-state index contributed by atoms with van der Waals surface area (Å²) in [5.74, 6) is -1.56. The van der Waals surface area contributed by atoms with Crippen molar-refractivity contribution >= 4 is 18.5 Å². The molecule has 5 nitrogen and oxygen atoms in total. The van der Waals surface area contributed by atoms with Crippen molar-refractivity contribution in [3.8, 4) is 0 Å². The fraction of sp³-hybridized carbons (Fsp3) is 0.588. The number of amides is 1. The predicted octanol–water partition coefficient (Wildman–Crippen LogP) is 2.40. The van der Waals surface area contributed by atoms with E-state index in [1.165, 1.54) is 13.2 Å². The molecule has 0 bridgehead atoms. The van der Waals surface area contributed by atoms with E-state index in [2.05, 4.69) is 0 Å². The SMILES string of the molecule is CC.COCc1ccc(C(N)=O)c(F)c1B1OC(C)(C)C(C)(C)O1. The third-order valence-electron chi connectivity index (χ3n) is 4.32. The summed E-state index contributed by atoms with van der Waals surface area (Å²) >= 11 is 0. The smallest absolute Gasteiger partial charge is 0.399 e. The molecular formula is C17H27BFNO4. The quantitative estimate of drug-likeness (QED) is 0.855. The summed E-state index contributed by atoms with van der Waals surface area (Å²) in [6.07, 6.45) is 0. The van der Waals surface area contributed by atoms with Gasteiger partial charge in [-0.2, -0.15) is 0 Å². The molecule has 134 valence electrons. The van der Waals surface area contributed by atoms with Gasteiger partial charge in [-0.05, 0) is 39.3 Å². The monoisotopic (exact) mass is 339 g/mol. The minimum Gasteiger partial charge on any atom is -0.399 e. The molecule has 1 saturated heterocycles. The zero-order valence-corrected chi connectivity index (χ0v) is 15.5. The molecule has 1 aliphatic rings. The Kier molecular flexibility index (Phi) is 6.56. The molecule has 0 atom stereocenters. The highest BCUT2D eigenvalue weighted by atomic mass is 19.1.